The summed E-state index contributed by atoms with van der Waals surface area (Å²) in [6.07, 6.45) is 47.4. The van der Waals surface area contributed by atoms with Gasteiger partial charge in [-0.1, -0.05) is 279 Å². The molecule has 0 saturated heterocycles. The number of carbonyl (C=O) groups excluding carboxylic acids is 4. The Morgan fingerprint density at radius 2 is 0.508 bits per heavy atom. The van der Waals surface area contributed by atoms with Crippen molar-refractivity contribution in [1.82, 2.24) is 69.8 Å². The Labute approximate surface area is 697 Å². The van der Waals surface area contributed by atoms with E-state index in [0.717, 1.165) is 189 Å². The summed E-state index contributed by atoms with van der Waals surface area (Å²) in [6.45, 7) is 17.2. The van der Waals surface area contributed by atoms with E-state index in [4.69, 9.17) is 18.9 Å². The zero-order valence-electron chi connectivity index (χ0n) is 71.3. The van der Waals surface area contributed by atoms with Gasteiger partial charge < -0.3 is 18.9 Å². The Kier molecular flexibility index (Phi) is 31.6. The number of fused-ring (bicyclic) bond motifs is 2. The Morgan fingerprint density at radius 1 is 0.246 bits per heavy atom. The molecule has 0 atom stereocenters. The molecule has 4 amide bonds. The molecular formula is C96H126N14O8. The molecule has 0 spiro atoms. The highest BCUT2D eigenvalue weighted by Gasteiger charge is 2.39. The third-order valence-corrected chi connectivity index (χ3v) is 23.8. The Bertz CT molecular complexity index is 4800. The fourth-order valence-corrected chi connectivity index (χ4v) is 17.2. The van der Waals surface area contributed by atoms with E-state index in [1.807, 2.05) is 116 Å². The minimum absolute atomic E-state index is 0.0720. The highest BCUT2D eigenvalue weighted by atomic mass is 16.5. The third kappa shape index (κ3) is 21.3. The van der Waals surface area contributed by atoms with Crippen LogP contribution in [0, 0.1) is 0 Å². The van der Waals surface area contributed by atoms with Gasteiger partial charge >= 0.3 is 0 Å². The third-order valence-electron chi connectivity index (χ3n) is 23.8. The average Bonchev–Trinajstić information content (AvgIpc) is 0.726. The van der Waals surface area contributed by atoms with Gasteiger partial charge in [0.15, 0.2) is 23.0 Å². The van der Waals surface area contributed by atoms with Crippen LogP contribution in [0.25, 0.3) is 65.3 Å². The van der Waals surface area contributed by atoms with E-state index in [2.05, 4.69) is 82.8 Å². The number of nitrogens with zero attached hydrogens (tertiary/aromatic N) is 14. The lowest BCUT2D eigenvalue weighted by atomic mass is 9.77. The van der Waals surface area contributed by atoms with E-state index < -0.39 is 0 Å². The van der Waals surface area contributed by atoms with Gasteiger partial charge in [0.1, 0.15) is 49.2 Å². The summed E-state index contributed by atoms with van der Waals surface area (Å²) in [5, 5.41) is 41.5. The van der Waals surface area contributed by atoms with Crippen LogP contribution in [-0.4, -0.2) is 106 Å². The van der Waals surface area contributed by atoms with Crippen molar-refractivity contribution in [3.8, 4) is 45.3 Å². The quantitative estimate of drug-likeness (QED) is 0.0149. The number of benzene rings is 7. The lowest BCUT2D eigenvalue weighted by molar-refractivity contribution is 0.0592. The van der Waals surface area contributed by atoms with Gasteiger partial charge in [0.05, 0.1) is 24.8 Å². The topological polar surface area (TPSA) is 235 Å². The largest absolute Gasteiger partial charge is 0.483 e. The number of ether oxygens (including phenoxy) is 4. The Hall–Kier alpha value is -10.1. The lowest BCUT2D eigenvalue weighted by Gasteiger charge is -2.32. The number of imide groups is 2. The molecule has 4 aromatic heterocycles. The highest BCUT2D eigenvalue weighted by molar-refractivity contribution is 6.44. The summed E-state index contributed by atoms with van der Waals surface area (Å²) in [5.41, 5.74) is 6.99. The molecular weight excluding hydrogens is 1480 g/mol. The van der Waals surface area contributed by atoms with E-state index in [1.54, 1.807) is 0 Å². The molecule has 628 valence electrons. The van der Waals surface area contributed by atoms with Crippen molar-refractivity contribution >= 4 is 66.7 Å². The molecule has 13 rings (SSSR count). The van der Waals surface area contributed by atoms with Gasteiger partial charge in [-0.3, -0.25) is 47.7 Å². The summed E-state index contributed by atoms with van der Waals surface area (Å²) < 4.78 is 34.8. The predicted octanol–water partition coefficient (Wildman–Crippen LogP) is 23.1. The standard InChI is InChI=1S/C96H126N14O8/c1-7-13-19-25-27-29-31-33-35-41-55-109-93(111)77-47-45-75-88-80(70-44-50-84(116-66-72-62-106(102-98-72)52-38-22-16-10-4)86(58-70)118-68-74-64-108(104-100-74)54-40-24-18-12-6)60-82-90-78(94(112)110(96(82)114)56-42-36-34-32-30-28-26-20-14-8-2)48-46-76(92(88)90)87-79(59-81(95(109)113)89(77)91(75)87)69-43-49-83(115-65-71-61-105(101-97-71)51-37-21-15-9-3)85(57-69)117-67-73-63-107(103-99-73)53-39-23-17-11-5/h43-50,57-64H,7-42,51-56,65-68H2,1-6H3. The van der Waals surface area contributed by atoms with E-state index in [-0.39, 0.29) is 63.1 Å². The molecule has 0 radical (unpaired) electrons. The van der Waals surface area contributed by atoms with Gasteiger partial charge in [-0.15, -0.1) is 20.4 Å². The first kappa shape index (κ1) is 85.8. The molecule has 0 saturated carbocycles. The van der Waals surface area contributed by atoms with Gasteiger partial charge in [-0.05, 0) is 142 Å². The second kappa shape index (κ2) is 43.5. The maximum Gasteiger partial charge on any atom is 0.261 e. The average molecular weight is 1600 g/mol. The van der Waals surface area contributed by atoms with E-state index in [9.17, 15) is 0 Å². The van der Waals surface area contributed by atoms with Crippen molar-refractivity contribution in [1.29, 1.82) is 0 Å². The van der Waals surface area contributed by atoms with Gasteiger partial charge in [-0.2, -0.15) is 0 Å². The van der Waals surface area contributed by atoms with Crippen LogP contribution in [-0.2, 0) is 52.6 Å². The van der Waals surface area contributed by atoms with E-state index >= 15 is 19.2 Å². The monoisotopic (exact) mass is 1600 g/mol. The number of hydrogen-bond acceptors (Lipinski definition) is 16. The summed E-state index contributed by atoms with van der Waals surface area (Å²) in [5.74, 6) is 0.304. The van der Waals surface area contributed by atoms with Crippen LogP contribution in [0.4, 0.5) is 0 Å². The second-order valence-electron chi connectivity index (χ2n) is 33.0. The predicted molar refractivity (Wildman–Crippen MR) is 467 cm³/mol. The molecule has 2 aliphatic heterocycles. The fourth-order valence-electron chi connectivity index (χ4n) is 17.2. The molecule has 22 nitrogen and oxygen atoms in total. The molecule has 2 aliphatic rings. The van der Waals surface area contributed by atoms with Gasteiger partial charge in [-0.25, -0.2) is 0 Å². The summed E-state index contributed by atoms with van der Waals surface area (Å²) >= 11 is 0. The molecule has 118 heavy (non-hydrogen) atoms. The number of aromatic nitrogens is 12. The number of carbonyl (C=O) groups is 4. The zero-order valence-corrected chi connectivity index (χ0v) is 71.3. The molecule has 0 bridgehead atoms. The normalized spacial score (nSPS) is 12.9. The molecule has 0 unspecified atom stereocenters. The lowest BCUT2D eigenvalue weighted by Crippen LogP contribution is -2.41. The minimum atomic E-state index is -0.371. The molecule has 0 aliphatic carbocycles. The molecule has 7 aromatic carbocycles. The molecule has 0 N–H and O–H groups in total. The van der Waals surface area contributed by atoms with Gasteiger partial charge in [0.25, 0.3) is 23.6 Å². The number of amides is 4. The zero-order chi connectivity index (χ0) is 82.0. The number of unbranched alkanes of at least 4 members (excludes halogenated alkanes) is 30. The Balaban J connectivity index is 0.968. The number of aryl methyl sites for hydroxylation is 4. The Morgan fingerprint density at radius 3 is 0.814 bits per heavy atom. The molecule has 11 aromatic rings. The van der Waals surface area contributed by atoms with Crippen LogP contribution >= 0.6 is 0 Å². The molecule has 0 fully saturated rings. The summed E-state index contributed by atoms with van der Waals surface area (Å²) in [7, 11) is 0. The first-order valence-electron chi connectivity index (χ1n) is 45.4. The van der Waals surface area contributed by atoms with Crippen LogP contribution in [0.5, 0.6) is 23.0 Å². The van der Waals surface area contributed by atoms with Crippen LogP contribution in [0.3, 0.4) is 0 Å². The first-order valence-corrected chi connectivity index (χ1v) is 45.4. The summed E-state index contributed by atoms with van der Waals surface area (Å²) in [6, 6.07) is 23.4. The minimum Gasteiger partial charge on any atom is -0.483 e. The van der Waals surface area contributed by atoms with Crippen LogP contribution in [0.15, 0.2) is 97.6 Å². The molecule has 22 heteroatoms. The maximum atomic E-state index is 16.0. The van der Waals surface area contributed by atoms with Crippen LogP contribution in [0.1, 0.15) is 337 Å². The van der Waals surface area contributed by atoms with E-state index in [1.165, 1.54) is 86.8 Å². The SMILES string of the molecule is CCCCCCCCCCCCN1C(=O)c2ccc3c4c(-c5ccc(OCc6cn(CCCCCC)nn6)c(OCc6cn(CCCCCC)nn6)c5)cc5c6c(ccc(c7c(-c8ccc(OCc9cn(CCCCCC)nn9)c(OCc9cn(CCCCCC)nn9)c8)cc(c2c37)C1=O)c64)C(=O)N(CCCCCCCCCCCC)C5=O. The van der Waals surface area contributed by atoms with E-state index in [0.29, 0.717) is 125 Å². The summed E-state index contributed by atoms with van der Waals surface area (Å²) in [4.78, 5) is 66.0. The van der Waals surface area contributed by atoms with Gasteiger partial charge in [0.2, 0.25) is 0 Å². The van der Waals surface area contributed by atoms with Crippen molar-refractivity contribution in [3.05, 3.63) is 143 Å². The van der Waals surface area contributed by atoms with Crippen molar-refractivity contribution in [2.24, 2.45) is 0 Å². The maximum absolute atomic E-state index is 16.0. The highest BCUT2D eigenvalue weighted by Crippen LogP contribution is 2.53. The van der Waals surface area contributed by atoms with Gasteiger partial charge in [0, 0.05) is 72.3 Å². The van der Waals surface area contributed by atoms with Crippen molar-refractivity contribution in [3.63, 3.8) is 0 Å². The van der Waals surface area contributed by atoms with Crippen molar-refractivity contribution in [2.75, 3.05) is 13.1 Å². The van der Waals surface area contributed by atoms with Crippen LogP contribution < -0.4 is 18.9 Å². The number of hydrogen-bond donors (Lipinski definition) is 0. The smallest absolute Gasteiger partial charge is 0.261 e. The number of rotatable bonds is 56. The first-order chi connectivity index (χ1) is 58.0. The van der Waals surface area contributed by atoms with Crippen LogP contribution in [0.2, 0.25) is 0 Å². The van der Waals surface area contributed by atoms with Crippen molar-refractivity contribution in [2.45, 2.75) is 325 Å². The van der Waals surface area contributed by atoms with Crippen molar-refractivity contribution < 1.29 is 38.1 Å². The fraction of sp³-hybridized carbons (Fsp3) is 0.542. The molecule has 6 heterocycles. The second-order valence-corrected chi connectivity index (χ2v) is 33.0.